The van der Waals surface area contributed by atoms with Crippen molar-refractivity contribution in [1.29, 1.82) is 0 Å². The van der Waals surface area contributed by atoms with Crippen molar-refractivity contribution in [2.45, 2.75) is 57.0 Å². The van der Waals surface area contributed by atoms with Crippen molar-refractivity contribution in [2.75, 3.05) is 0 Å². The molecule has 0 saturated heterocycles. The van der Waals surface area contributed by atoms with Gasteiger partial charge in [0, 0.05) is 18.0 Å². The van der Waals surface area contributed by atoms with Gasteiger partial charge in [-0.05, 0) is 37.7 Å². The minimum atomic E-state index is 0.719. The van der Waals surface area contributed by atoms with Crippen molar-refractivity contribution < 1.29 is 0 Å². The van der Waals surface area contributed by atoms with Gasteiger partial charge in [-0.25, -0.2) is 0 Å². The topological polar surface area (TPSA) is 12.0 Å². The van der Waals surface area contributed by atoms with Crippen LogP contribution in [0.25, 0.3) is 0 Å². The van der Waals surface area contributed by atoms with E-state index < -0.39 is 0 Å². The highest BCUT2D eigenvalue weighted by atomic mass is 15.0. The van der Waals surface area contributed by atoms with Gasteiger partial charge in [-0.3, -0.25) is 0 Å². The first kappa shape index (κ1) is 11.3. The Labute approximate surface area is 105 Å². The van der Waals surface area contributed by atoms with Gasteiger partial charge < -0.3 is 5.32 Å². The van der Waals surface area contributed by atoms with E-state index in [0.717, 1.165) is 23.9 Å². The van der Waals surface area contributed by atoms with E-state index >= 15 is 0 Å². The third-order valence-corrected chi connectivity index (χ3v) is 4.60. The van der Waals surface area contributed by atoms with Gasteiger partial charge in [0.1, 0.15) is 0 Å². The zero-order chi connectivity index (χ0) is 11.7. The molecule has 2 fully saturated rings. The third kappa shape index (κ3) is 2.55. The van der Waals surface area contributed by atoms with E-state index in [1.165, 1.54) is 37.7 Å². The van der Waals surface area contributed by atoms with Crippen molar-refractivity contribution in [1.82, 2.24) is 5.32 Å². The quantitative estimate of drug-likeness (QED) is 0.830. The van der Waals surface area contributed by atoms with Gasteiger partial charge in [-0.1, -0.05) is 43.2 Å². The monoisotopic (exact) mass is 229 g/mol. The Morgan fingerprint density at radius 2 is 1.82 bits per heavy atom. The number of hydrogen-bond acceptors (Lipinski definition) is 1. The Balaban J connectivity index is 1.52. The average Bonchev–Trinajstić information content (AvgIpc) is 2.92. The maximum absolute atomic E-state index is 3.84. The largest absolute Gasteiger partial charge is 0.311 e. The van der Waals surface area contributed by atoms with Crippen LogP contribution in [0.3, 0.4) is 0 Å². The van der Waals surface area contributed by atoms with E-state index in [1.807, 2.05) is 0 Å². The Morgan fingerprint density at radius 1 is 1.12 bits per heavy atom. The summed E-state index contributed by atoms with van der Waals surface area (Å²) in [5, 5.41) is 3.84. The summed E-state index contributed by atoms with van der Waals surface area (Å²) in [6.45, 7) is 2.39. The molecule has 1 aromatic rings. The van der Waals surface area contributed by atoms with Crippen LogP contribution in [0.2, 0.25) is 0 Å². The van der Waals surface area contributed by atoms with E-state index in [4.69, 9.17) is 0 Å². The molecule has 1 heteroatoms. The first-order valence-corrected chi connectivity index (χ1v) is 7.15. The molecule has 0 radical (unpaired) electrons. The number of hydrogen-bond donors (Lipinski definition) is 1. The molecule has 1 nitrogen and oxygen atoms in total. The van der Waals surface area contributed by atoms with Gasteiger partial charge in [-0.15, -0.1) is 0 Å². The van der Waals surface area contributed by atoms with E-state index in [9.17, 15) is 0 Å². The molecule has 2 aliphatic carbocycles. The molecule has 1 N–H and O–H groups in total. The molecule has 0 bridgehead atoms. The molecule has 0 amide bonds. The fourth-order valence-corrected chi connectivity index (χ4v) is 3.38. The smallest absolute Gasteiger partial charge is 0.0145 e. The van der Waals surface area contributed by atoms with Crippen LogP contribution in [0, 0.1) is 5.92 Å². The molecule has 0 spiro atoms. The summed E-state index contributed by atoms with van der Waals surface area (Å²) in [5.41, 5.74) is 1.52. The SMILES string of the molecule is CC(NC1CC1c1ccccc1)C1CCCC1. The van der Waals surface area contributed by atoms with Gasteiger partial charge >= 0.3 is 0 Å². The van der Waals surface area contributed by atoms with Gasteiger partial charge in [0.15, 0.2) is 0 Å². The van der Waals surface area contributed by atoms with Crippen molar-refractivity contribution in [3.63, 3.8) is 0 Å². The first-order valence-electron chi connectivity index (χ1n) is 7.15. The first-order chi connectivity index (χ1) is 8.34. The second-order valence-corrected chi connectivity index (χ2v) is 5.86. The highest BCUT2D eigenvalue weighted by molar-refractivity contribution is 5.27. The molecule has 17 heavy (non-hydrogen) atoms. The van der Waals surface area contributed by atoms with Crippen molar-refractivity contribution in [3.05, 3.63) is 35.9 Å². The summed E-state index contributed by atoms with van der Waals surface area (Å²) in [5.74, 6) is 1.71. The van der Waals surface area contributed by atoms with Gasteiger partial charge in [0.2, 0.25) is 0 Å². The summed E-state index contributed by atoms with van der Waals surface area (Å²) in [4.78, 5) is 0. The van der Waals surface area contributed by atoms with Gasteiger partial charge in [-0.2, -0.15) is 0 Å². The van der Waals surface area contributed by atoms with Crippen LogP contribution in [-0.4, -0.2) is 12.1 Å². The van der Waals surface area contributed by atoms with Gasteiger partial charge in [0.25, 0.3) is 0 Å². The van der Waals surface area contributed by atoms with E-state index in [1.54, 1.807) is 0 Å². The lowest BCUT2D eigenvalue weighted by Gasteiger charge is -2.20. The van der Waals surface area contributed by atoms with E-state index in [-0.39, 0.29) is 0 Å². The van der Waals surface area contributed by atoms with Crippen LogP contribution >= 0.6 is 0 Å². The molecule has 0 heterocycles. The maximum atomic E-state index is 3.84. The van der Waals surface area contributed by atoms with Crippen LogP contribution < -0.4 is 5.32 Å². The molecule has 3 unspecified atom stereocenters. The summed E-state index contributed by atoms with van der Waals surface area (Å²) in [7, 11) is 0. The fraction of sp³-hybridized carbons (Fsp3) is 0.625. The van der Waals surface area contributed by atoms with Crippen LogP contribution in [0.5, 0.6) is 0 Å². The van der Waals surface area contributed by atoms with Crippen molar-refractivity contribution in [2.24, 2.45) is 5.92 Å². The minimum Gasteiger partial charge on any atom is -0.311 e. The number of benzene rings is 1. The lowest BCUT2D eigenvalue weighted by atomic mass is 9.99. The molecular weight excluding hydrogens is 206 g/mol. The Hall–Kier alpha value is -0.820. The van der Waals surface area contributed by atoms with Crippen LogP contribution in [0.4, 0.5) is 0 Å². The van der Waals surface area contributed by atoms with E-state index in [0.29, 0.717) is 0 Å². The van der Waals surface area contributed by atoms with Crippen molar-refractivity contribution >= 4 is 0 Å². The fourth-order valence-electron chi connectivity index (χ4n) is 3.38. The predicted octanol–water partition coefficient (Wildman–Crippen LogP) is 3.71. The second-order valence-electron chi connectivity index (χ2n) is 5.86. The molecule has 3 rings (SSSR count). The van der Waals surface area contributed by atoms with Crippen LogP contribution in [0.15, 0.2) is 30.3 Å². The Kier molecular flexibility index (Phi) is 3.19. The van der Waals surface area contributed by atoms with Crippen molar-refractivity contribution in [3.8, 4) is 0 Å². The highest BCUT2D eigenvalue weighted by Gasteiger charge is 2.39. The van der Waals surface area contributed by atoms with Crippen LogP contribution in [-0.2, 0) is 0 Å². The zero-order valence-electron chi connectivity index (χ0n) is 10.7. The normalized spacial score (nSPS) is 30.4. The molecule has 1 aromatic carbocycles. The summed E-state index contributed by atoms with van der Waals surface area (Å²) < 4.78 is 0. The highest BCUT2D eigenvalue weighted by Crippen LogP contribution is 2.41. The number of rotatable bonds is 4. The Morgan fingerprint density at radius 3 is 2.53 bits per heavy atom. The minimum absolute atomic E-state index is 0.719. The second kappa shape index (κ2) is 4.81. The summed E-state index contributed by atoms with van der Waals surface area (Å²) in [6, 6.07) is 12.4. The molecule has 0 aliphatic heterocycles. The lowest BCUT2D eigenvalue weighted by molar-refractivity contribution is 0.377. The third-order valence-electron chi connectivity index (χ3n) is 4.60. The number of nitrogens with one attached hydrogen (secondary N) is 1. The standard InChI is InChI=1S/C16H23N/c1-12(13-7-5-6-8-13)17-16-11-15(16)14-9-3-2-4-10-14/h2-4,9-10,12-13,15-17H,5-8,11H2,1H3. The van der Waals surface area contributed by atoms with Gasteiger partial charge in [0.05, 0.1) is 0 Å². The maximum Gasteiger partial charge on any atom is 0.0145 e. The molecule has 92 valence electrons. The summed E-state index contributed by atoms with van der Waals surface area (Å²) >= 11 is 0. The molecule has 3 atom stereocenters. The molecule has 2 aliphatic rings. The molecule has 0 aromatic heterocycles. The zero-order valence-corrected chi connectivity index (χ0v) is 10.7. The predicted molar refractivity (Wildman–Crippen MR) is 72.1 cm³/mol. The molecule has 2 saturated carbocycles. The lowest BCUT2D eigenvalue weighted by Crippen LogP contribution is -2.34. The molecular formula is C16H23N. The average molecular weight is 229 g/mol. The van der Waals surface area contributed by atoms with E-state index in [2.05, 4.69) is 42.6 Å². The Bertz CT molecular complexity index is 353. The summed E-state index contributed by atoms with van der Waals surface area (Å²) in [6.07, 6.45) is 7.11. The van der Waals surface area contributed by atoms with Crippen LogP contribution in [0.1, 0.15) is 50.5 Å².